The number of ether oxygens (including phenoxy) is 1. The van der Waals surface area contributed by atoms with Crippen molar-refractivity contribution in [2.45, 2.75) is 29.6 Å². The molecule has 10 heteroatoms. The monoisotopic (exact) mass is 660 g/mol. The molecule has 0 unspecified atom stereocenters. The number of rotatable bonds is 4. The van der Waals surface area contributed by atoms with Gasteiger partial charge in [0, 0.05) is 28.1 Å². The van der Waals surface area contributed by atoms with Gasteiger partial charge in [0.15, 0.2) is 0 Å². The van der Waals surface area contributed by atoms with Gasteiger partial charge in [-0.25, -0.2) is 0 Å². The van der Waals surface area contributed by atoms with Crippen LogP contribution in [0.25, 0.3) is 0 Å². The predicted octanol–water partition coefficient (Wildman–Crippen LogP) is 4.38. The summed E-state index contributed by atoms with van der Waals surface area (Å²) in [5.74, 6) is -3.80. The standard InChI is InChI=1S/C31H25IN4O5/c1-35-16-19(15-33-35)27-31(21-14-20(32)12-13-22(21)34-30(31)40)23(28(37)38)25-29(39)41-26(18-10-6-3-7-11-18)24(36(25)27)17-8-4-2-5-9-17/h2-16,23-27H,1H3,(H,34,40)(H,37,38)/t23-,24-,25-,26+,27+,31-/m0/s1. The second-order valence-corrected chi connectivity index (χ2v) is 11.9. The number of carbonyl (C=O) groups excluding carboxylic acids is 2. The number of aromatic nitrogens is 2. The number of halogens is 1. The minimum atomic E-state index is -1.63. The second-order valence-electron chi connectivity index (χ2n) is 10.7. The van der Waals surface area contributed by atoms with Crippen LogP contribution in [0.5, 0.6) is 0 Å². The molecule has 1 spiro atoms. The predicted molar refractivity (Wildman–Crippen MR) is 157 cm³/mol. The number of carboxylic acids is 1. The number of carboxylic acid groups (broad SMARTS) is 1. The average molecular weight is 660 g/mol. The summed E-state index contributed by atoms with van der Waals surface area (Å²) in [7, 11) is 1.77. The van der Waals surface area contributed by atoms with Crippen LogP contribution in [0, 0.1) is 9.49 Å². The van der Waals surface area contributed by atoms with E-state index in [9.17, 15) is 19.5 Å². The number of morpholine rings is 1. The number of carbonyl (C=O) groups is 3. The van der Waals surface area contributed by atoms with Gasteiger partial charge >= 0.3 is 11.9 Å². The van der Waals surface area contributed by atoms with E-state index in [4.69, 9.17) is 4.74 Å². The lowest BCUT2D eigenvalue weighted by atomic mass is 9.66. The Balaban J connectivity index is 1.56. The number of esters is 1. The number of fused-ring (bicyclic) bond motifs is 3. The molecule has 1 aromatic heterocycles. The summed E-state index contributed by atoms with van der Waals surface area (Å²) in [6.45, 7) is 0. The summed E-state index contributed by atoms with van der Waals surface area (Å²) in [5.41, 5.74) is 1.73. The van der Waals surface area contributed by atoms with Crippen molar-refractivity contribution in [3.63, 3.8) is 0 Å². The third-order valence-corrected chi connectivity index (χ3v) is 9.25. The fourth-order valence-corrected chi connectivity index (χ4v) is 7.62. The van der Waals surface area contributed by atoms with Crippen molar-refractivity contribution in [1.29, 1.82) is 0 Å². The van der Waals surface area contributed by atoms with E-state index < -0.39 is 53.4 Å². The highest BCUT2D eigenvalue weighted by Crippen LogP contribution is 2.64. The third kappa shape index (κ3) is 3.70. The van der Waals surface area contributed by atoms with Gasteiger partial charge in [0.1, 0.15) is 23.5 Å². The molecule has 6 atom stereocenters. The van der Waals surface area contributed by atoms with Crippen LogP contribution in [0.2, 0.25) is 0 Å². The van der Waals surface area contributed by atoms with Crippen LogP contribution in [-0.4, -0.2) is 43.7 Å². The Kier molecular flexibility index (Phi) is 6.02. The lowest BCUT2D eigenvalue weighted by Crippen LogP contribution is -2.52. The Morgan fingerprint density at radius 3 is 2.29 bits per heavy atom. The lowest BCUT2D eigenvalue weighted by Gasteiger charge is -2.45. The normalized spacial score (nSPS) is 28.7. The summed E-state index contributed by atoms with van der Waals surface area (Å²) >= 11 is 2.16. The summed E-state index contributed by atoms with van der Waals surface area (Å²) in [6, 6.07) is 21.9. The number of aryl methyl sites for hydroxylation is 1. The quantitative estimate of drug-likeness (QED) is 0.247. The molecule has 2 saturated heterocycles. The molecule has 3 aliphatic heterocycles. The van der Waals surface area contributed by atoms with Crippen LogP contribution in [-0.2, 0) is 31.6 Å². The number of benzene rings is 3. The summed E-state index contributed by atoms with van der Waals surface area (Å²) in [6.07, 6.45) is 2.71. The third-order valence-electron chi connectivity index (χ3n) is 8.58. The number of aliphatic carboxylic acids is 1. The van der Waals surface area contributed by atoms with Crippen LogP contribution in [0.1, 0.15) is 40.4 Å². The van der Waals surface area contributed by atoms with E-state index in [2.05, 4.69) is 33.0 Å². The molecule has 3 aromatic carbocycles. The Bertz CT molecular complexity index is 1690. The van der Waals surface area contributed by atoms with Gasteiger partial charge in [-0.05, 0) is 57.5 Å². The summed E-state index contributed by atoms with van der Waals surface area (Å²) < 4.78 is 8.65. The molecule has 0 radical (unpaired) electrons. The molecular formula is C31H25IN4O5. The van der Waals surface area contributed by atoms with Gasteiger partial charge in [-0.15, -0.1) is 0 Å². The van der Waals surface area contributed by atoms with Crippen molar-refractivity contribution in [3.8, 4) is 0 Å². The van der Waals surface area contributed by atoms with E-state index in [-0.39, 0.29) is 0 Å². The lowest BCUT2D eigenvalue weighted by molar-refractivity contribution is -0.179. The molecule has 9 nitrogen and oxygen atoms in total. The smallest absolute Gasteiger partial charge is 0.325 e. The van der Waals surface area contributed by atoms with Gasteiger partial charge in [-0.3, -0.25) is 24.0 Å². The highest BCUT2D eigenvalue weighted by atomic mass is 127. The Labute approximate surface area is 249 Å². The van der Waals surface area contributed by atoms with E-state index in [1.54, 1.807) is 30.2 Å². The molecule has 4 heterocycles. The van der Waals surface area contributed by atoms with Gasteiger partial charge in [-0.2, -0.15) is 5.10 Å². The first-order valence-electron chi connectivity index (χ1n) is 13.2. The molecule has 41 heavy (non-hydrogen) atoms. The molecule has 3 aliphatic rings. The van der Waals surface area contributed by atoms with E-state index >= 15 is 0 Å². The maximum atomic E-state index is 14.3. The molecular weight excluding hydrogens is 635 g/mol. The van der Waals surface area contributed by atoms with Crippen LogP contribution in [0.4, 0.5) is 5.69 Å². The fourth-order valence-electron chi connectivity index (χ4n) is 7.13. The van der Waals surface area contributed by atoms with Crippen LogP contribution >= 0.6 is 22.6 Å². The van der Waals surface area contributed by atoms with Gasteiger partial charge in [0.2, 0.25) is 5.91 Å². The largest absolute Gasteiger partial charge is 0.481 e. The first-order valence-corrected chi connectivity index (χ1v) is 14.3. The van der Waals surface area contributed by atoms with Crippen LogP contribution in [0.3, 0.4) is 0 Å². The van der Waals surface area contributed by atoms with Crippen LogP contribution in [0.15, 0.2) is 91.3 Å². The molecule has 0 bridgehead atoms. The van der Waals surface area contributed by atoms with E-state index in [0.717, 1.165) is 14.7 Å². The first-order chi connectivity index (χ1) is 19.8. The van der Waals surface area contributed by atoms with Gasteiger partial charge in [0.05, 0.1) is 18.3 Å². The number of nitrogens with one attached hydrogen (secondary N) is 1. The minimum absolute atomic E-state index is 0.457. The second kappa shape index (κ2) is 9.52. The van der Waals surface area contributed by atoms with E-state index in [1.807, 2.05) is 77.7 Å². The highest BCUT2D eigenvalue weighted by Gasteiger charge is 2.74. The number of cyclic esters (lactones) is 1. The summed E-state index contributed by atoms with van der Waals surface area (Å²) in [4.78, 5) is 43.7. The highest BCUT2D eigenvalue weighted by molar-refractivity contribution is 14.1. The zero-order valence-electron chi connectivity index (χ0n) is 21.8. The molecule has 0 saturated carbocycles. The summed E-state index contributed by atoms with van der Waals surface area (Å²) in [5, 5.41) is 18.2. The van der Waals surface area contributed by atoms with Crippen molar-refractivity contribution in [3.05, 3.63) is 117 Å². The average Bonchev–Trinajstić information content (AvgIpc) is 3.62. The maximum absolute atomic E-state index is 14.3. The molecule has 4 aromatic rings. The van der Waals surface area contributed by atoms with Crippen molar-refractivity contribution < 1.29 is 24.2 Å². The SMILES string of the molecule is Cn1cc([C@H]2N3[C@H](C(=O)O[C@H](c4ccccc4)[C@@H]3c3ccccc3)[C@@H](C(=O)O)[C@]23C(=O)Nc2ccc(I)cc23)cn1. The molecule has 1 amide bonds. The number of hydrogen-bond donors (Lipinski definition) is 2. The maximum Gasteiger partial charge on any atom is 0.325 e. The topological polar surface area (TPSA) is 114 Å². The number of nitrogens with zero attached hydrogens (tertiary/aromatic N) is 3. The minimum Gasteiger partial charge on any atom is -0.481 e. The van der Waals surface area contributed by atoms with Gasteiger partial charge in [-0.1, -0.05) is 60.7 Å². The first kappa shape index (κ1) is 25.9. The Morgan fingerprint density at radius 2 is 1.66 bits per heavy atom. The van der Waals surface area contributed by atoms with E-state index in [1.165, 1.54) is 0 Å². The molecule has 7 rings (SSSR count). The number of hydrogen-bond acceptors (Lipinski definition) is 6. The van der Waals surface area contributed by atoms with Crippen molar-refractivity contribution in [2.75, 3.05) is 5.32 Å². The van der Waals surface area contributed by atoms with Crippen molar-refractivity contribution >= 4 is 46.1 Å². The van der Waals surface area contributed by atoms with Crippen LogP contribution < -0.4 is 5.32 Å². The number of amides is 1. The molecule has 206 valence electrons. The van der Waals surface area contributed by atoms with E-state index in [0.29, 0.717) is 16.8 Å². The zero-order valence-corrected chi connectivity index (χ0v) is 24.0. The van der Waals surface area contributed by atoms with Gasteiger partial charge < -0.3 is 15.2 Å². The number of anilines is 1. The molecule has 2 N–H and O–H groups in total. The fraction of sp³-hybridized carbons (Fsp3) is 0.226. The molecule has 2 fully saturated rings. The Hall–Kier alpha value is -4.03. The zero-order chi connectivity index (χ0) is 28.5. The Morgan fingerprint density at radius 1 is 0.976 bits per heavy atom. The van der Waals surface area contributed by atoms with Gasteiger partial charge in [0.25, 0.3) is 0 Å². The van der Waals surface area contributed by atoms with Crippen molar-refractivity contribution in [1.82, 2.24) is 14.7 Å². The molecule has 0 aliphatic carbocycles. The van der Waals surface area contributed by atoms with Crippen molar-refractivity contribution in [2.24, 2.45) is 13.0 Å².